The quantitative estimate of drug-likeness (QED) is 0.543. The predicted octanol–water partition coefficient (Wildman–Crippen LogP) is 1.25. The van der Waals surface area contributed by atoms with Crippen LogP contribution in [0.1, 0.15) is 0 Å². The van der Waals surface area contributed by atoms with Crippen LogP contribution in [0.15, 0.2) is 35.5 Å². The van der Waals surface area contributed by atoms with Crippen LogP contribution in [0.3, 0.4) is 0 Å². The molecule has 0 N–H and O–H groups in total. The molecule has 0 heterocycles. The first-order chi connectivity index (χ1) is 8.69. The summed E-state index contributed by atoms with van der Waals surface area (Å²) < 4.78 is 9.62. The van der Waals surface area contributed by atoms with Crippen molar-refractivity contribution in [1.29, 1.82) is 0 Å². The van der Waals surface area contributed by atoms with Crippen molar-refractivity contribution in [2.24, 2.45) is 23.7 Å². The lowest BCUT2D eigenvalue weighted by Crippen LogP contribution is -2.45. The number of esters is 2. The van der Waals surface area contributed by atoms with Crippen LogP contribution in [0.5, 0.6) is 0 Å². The summed E-state index contributed by atoms with van der Waals surface area (Å²) in [6, 6.07) is 0. The highest BCUT2D eigenvalue weighted by Crippen LogP contribution is 2.53. The first-order valence-corrected chi connectivity index (χ1v) is 5.96. The van der Waals surface area contributed by atoms with Gasteiger partial charge in [-0.05, 0) is 11.8 Å². The Morgan fingerprint density at radius 3 is 1.50 bits per heavy atom. The van der Waals surface area contributed by atoms with E-state index in [-0.39, 0.29) is 11.8 Å². The fraction of sp³-hybridized carbons (Fsp3) is 0.429. The first-order valence-electron chi connectivity index (χ1n) is 5.96. The van der Waals surface area contributed by atoms with Gasteiger partial charge in [-0.3, -0.25) is 0 Å². The molecule has 0 saturated carbocycles. The Morgan fingerprint density at radius 2 is 1.22 bits per heavy atom. The van der Waals surface area contributed by atoms with Crippen LogP contribution >= 0.6 is 0 Å². The molecule has 2 bridgehead atoms. The van der Waals surface area contributed by atoms with Gasteiger partial charge in [0.1, 0.15) is 0 Å². The molecule has 4 aliphatic rings. The second kappa shape index (κ2) is 3.83. The normalized spacial score (nSPS) is 35.0. The zero-order chi connectivity index (χ0) is 12.9. The van der Waals surface area contributed by atoms with Gasteiger partial charge in [-0.15, -0.1) is 0 Å². The molecule has 4 atom stereocenters. The van der Waals surface area contributed by atoms with Gasteiger partial charge >= 0.3 is 11.9 Å². The van der Waals surface area contributed by atoms with Gasteiger partial charge in [0.2, 0.25) is 0 Å². The van der Waals surface area contributed by atoms with E-state index in [1.165, 1.54) is 14.2 Å². The molecule has 0 aromatic heterocycles. The molecule has 4 aliphatic carbocycles. The van der Waals surface area contributed by atoms with E-state index in [9.17, 15) is 9.59 Å². The summed E-state index contributed by atoms with van der Waals surface area (Å²) >= 11 is 0. The molecule has 0 spiro atoms. The Hall–Kier alpha value is -1.84. The summed E-state index contributed by atoms with van der Waals surface area (Å²) in [7, 11) is 2.68. The number of carbonyl (C=O) groups is 2. The van der Waals surface area contributed by atoms with Crippen LogP contribution in [0.2, 0.25) is 0 Å². The van der Waals surface area contributed by atoms with E-state index < -0.39 is 11.9 Å². The number of carbonyl (C=O) groups excluding carboxylic acids is 2. The van der Waals surface area contributed by atoms with Crippen molar-refractivity contribution in [3.05, 3.63) is 35.5 Å². The van der Waals surface area contributed by atoms with Crippen LogP contribution in [0.4, 0.5) is 0 Å². The van der Waals surface area contributed by atoms with E-state index in [0.717, 1.165) is 0 Å². The standard InChI is InChI=1S/C14H14O4/c1-17-13(15)11-9-5-6-10(8-4-3-7(8)9)12(11)14(16)18-2/h3-10H,1-2H3/t7-,8+,9-,10-/m1/s1. The Kier molecular flexibility index (Phi) is 2.40. The van der Waals surface area contributed by atoms with Gasteiger partial charge in [0, 0.05) is 11.8 Å². The van der Waals surface area contributed by atoms with Crippen LogP contribution < -0.4 is 0 Å². The van der Waals surface area contributed by atoms with Gasteiger partial charge in [-0.1, -0.05) is 24.3 Å². The first kappa shape index (κ1) is 11.3. The second-order valence-electron chi connectivity index (χ2n) is 4.79. The number of hydrogen-bond donors (Lipinski definition) is 0. The molecule has 0 aromatic carbocycles. The molecule has 0 unspecified atom stereocenters. The zero-order valence-corrected chi connectivity index (χ0v) is 10.3. The van der Waals surface area contributed by atoms with Crippen molar-refractivity contribution in [3.63, 3.8) is 0 Å². The number of hydrogen-bond acceptors (Lipinski definition) is 4. The molecule has 0 saturated heterocycles. The molecule has 0 radical (unpaired) electrons. The van der Waals surface area contributed by atoms with Crippen LogP contribution in [-0.2, 0) is 19.1 Å². The van der Waals surface area contributed by atoms with Gasteiger partial charge in [0.05, 0.1) is 25.4 Å². The van der Waals surface area contributed by atoms with Crippen molar-refractivity contribution in [3.8, 4) is 0 Å². The molecule has 0 amide bonds. The molecule has 0 aliphatic heterocycles. The van der Waals surface area contributed by atoms with Gasteiger partial charge in [-0.25, -0.2) is 9.59 Å². The molecule has 18 heavy (non-hydrogen) atoms. The SMILES string of the molecule is COC(=O)C1=C(C(=O)OC)[C@@H]2C=C[C@@H]1[C@@H]1C=C[C@@H]12. The summed E-state index contributed by atoms with van der Waals surface area (Å²) in [6.45, 7) is 0. The highest BCUT2D eigenvalue weighted by Gasteiger charge is 2.50. The average molecular weight is 246 g/mol. The number of ether oxygens (including phenoxy) is 2. The van der Waals surface area contributed by atoms with Crippen molar-refractivity contribution >= 4 is 11.9 Å². The third-order valence-electron chi connectivity index (χ3n) is 4.12. The van der Waals surface area contributed by atoms with E-state index in [2.05, 4.69) is 12.2 Å². The third-order valence-corrected chi connectivity index (χ3v) is 4.12. The fourth-order valence-corrected chi connectivity index (χ4v) is 3.23. The van der Waals surface area contributed by atoms with E-state index in [1.807, 2.05) is 12.2 Å². The molecule has 4 nitrogen and oxygen atoms in total. The lowest BCUT2D eigenvalue weighted by molar-refractivity contribution is -0.141. The monoisotopic (exact) mass is 246 g/mol. The molecule has 94 valence electrons. The summed E-state index contributed by atoms with van der Waals surface area (Å²) in [5.41, 5.74) is 0.949. The Balaban J connectivity index is 2.11. The van der Waals surface area contributed by atoms with E-state index >= 15 is 0 Å². The molecule has 0 aromatic rings. The fourth-order valence-electron chi connectivity index (χ4n) is 3.23. The second-order valence-corrected chi connectivity index (χ2v) is 4.79. The Labute approximate surface area is 105 Å². The van der Waals surface area contributed by atoms with Crippen molar-refractivity contribution in [1.82, 2.24) is 0 Å². The Bertz CT molecular complexity index is 468. The van der Waals surface area contributed by atoms with Crippen LogP contribution in [0, 0.1) is 23.7 Å². The predicted molar refractivity (Wildman–Crippen MR) is 63.3 cm³/mol. The smallest absolute Gasteiger partial charge is 0.334 e. The molecular weight excluding hydrogens is 232 g/mol. The zero-order valence-electron chi connectivity index (χ0n) is 10.3. The highest BCUT2D eigenvalue weighted by atomic mass is 16.5. The third kappa shape index (κ3) is 1.26. The summed E-state index contributed by atoms with van der Waals surface area (Å²) in [5, 5.41) is 0. The van der Waals surface area contributed by atoms with Crippen LogP contribution in [-0.4, -0.2) is 26.2 Å². The summed E-state index contributed by atoms with van der Waals surface area (Å²) in [6.07, 6.45) is 8.22. The molecule has 0 fully saturated rings. The van der Waals surface area contributed by atoms with Crippen LogP contribution in [0.25, 0.3) is 0 Å². The van der Waals surface area contributed by atoms with Gasteiger partial charge in [0.25, 0.3) is 0 Å². The topological polar surface area (TPSA) is 52.6 Å². The largest absolute Gasteiger partial charge is 0.466 e. The van der Waals surface area contributed by atoms with Crippen molar-refractivity contribution < 1.29 is 19.1 Å². The molecular formula is C14H14O4. The summed E-state index contributed by atoms with van der Waals surface area (Å²) in [4.78, 5) is 23.8. The highest BCUT2D eigenvalue weighted by molar-refractivity contribution is 6.02. The maximum Gasteiger partial charge on any atom is 0.334 e. The maximum absolute atomic E-state index is 11.9. The lowest BCUT2D eigenvalue weighted by atomic mass is 9.55. The van der Waals surface area contributed by atoms with Gasteiger partial charge < -0.3 is 9.47 Å². The lowest BCUT2D eigenvalue weighted by Gasteiger charge is -2.47. The number of allylic oxidation sites excluding steroid dienone is 4. The average Bonchev–Trinajstić information content (AvgIpc) is 2.35. The minimum atomic E-state index is -0.423. The minimum absolute atomic E-state index is 0.0495. The Morgan fingerprint density at radius 1 is 0.833 bits per heavy atom. The van der Waals surface area contributed by atoms with E-state index in [1.54, 1.807) is 0 Å². The molecule has 4 rings (SSSR count). The van der Waals surface area contributed by atoms with E-state index in [0.29, 0.717) is 23.0 Å². The van der Waals surface area contributed by atoms with Crippen molar-refractivity contribution in [2.75, 3.05) is 14.2 Å². The molecule has 4 heteroatoms. The maximum atomic E-state index is 11.9. The number of methoxy groups -OCH3 is 2. The number of rotatable bonds is 2. The van der Waals surface area contributed by atoms with Gasteiger partial charge in [-0.2, -0.15) is 0 Å². The minimum Gasteiger partial charge on any atom is -0.466 e. The van der Waals surface area contributed by atoms with Gasteiger partial charge in [0.15, 0.2) is 0 Å². The summed E-state index contributed by atoms with van der Waals surface area (Å²) in [5.74, 6) is -0.301. The van der Waals surface area contributed by atoms with Crippen molar-refractivity contribution in [2.45, 2.75) is 0 Å². The van der Waals surface area contributed by atoms with E-state index in [4.69, 9.17) is 9.47 Å².